The number of carbonyl (C=O) groups excluding carboxylic acids is 1. The van der Waals surface area contributed by atoms with Gasteiger partial charge in [0.1, 0.15) is 17.3 Å². The van der Waals surface area contributed by atoms with E-state index in [0.717, 1.165) is 31.5 Å². The molecule has 0 atom stereocenters. The number of fused-ring (bicyclic) bond motifs is 1. The Balaban J connectivity index is 1.32. The van der Waals surface area contributed by atoms with Gasteiger partial charge < -0.3 is 15.0 Å². The van der Waals surface area contributed by atoms with Gasteiger partial charge in [-0.05, 0) is 43.7 Å². The van der Waals surface area contributed by atoms with Gasteiger partial charge in [-0.25, -0.2) is 9.37 Å². The fourth-order valence-electron chi connectivity index (χ4n) is 3.98. The van der Waals surface area contributed by atoms with Gasteiger partial charge >= 0.3 is 0 Å². The van der Waals surface area contributed by atoms with Gasteiger partial charge in [-0.15, -0.1) is 0 Å². The first-order valence-corrected chi connectivity index (χ1v) is 10.8. The van der Waals surface area contributed by atoms with Crippen LogP contribution in [0.5, 0.6) is 5.88 Å². The van der Waals surface area contributed by atoms with Crippen molar-refractivity contribution < 1.29 is 13.9 Å². The van der Waals surface area contributed by atoms with E-state index >= 15 is 0 Å². The third kappa shape index (κ3) is 4.42. The van der Waals surface area contributed by atoms with E-state index in [1.54, 1.807) is 48.5 Å². The van der Waals surface area contributed by atoms with Crippen molar-refractivity contribution in [1.82, 2.24) is 29.9 Å². The van der Waals surface area contributed by atoms with Gasteiger partial charge in [-0.3, -0.25) is 14.6 Å². The Kier molecular flexibility index (Phi) is 5.51. The molecule has 170 valence electrons. The van der Waals surface area contributed by atoms with Crippen molar-refractivity contribution in [3.8, 4) is 17.0 Å². The van der Waals surface area contributed by atoms with Gasteiger partial charge in [0.2, 0.25) is 5.88 Å². The number of piperidine rings is 1. The number of anilines is 1. The number of carbonyl (C=O) groups is 1. The number of pyridine rings is 1. The van der Waals surface area contributed by atoms with Gasteiger partial charge in [0.05, 0.1) is 18.1 Å². The van der Waals surface area contributed by atoms with Crippen LogP contribution in [-0.2, 0) is 7.05 Å². The molecule has 3 aromatic heterocycles. The molecule has 1 amide bonds. The van der Waals surface area contributed by atoms with Crippen molar-refractivity contribution in [1.29, 1.82) is 0 Å². The van der Waals surface area contributed by atoms with Crippen LogP contribution in [0.25, 0.3) is 22.0 Å². The number of nitrogens with zero attached hydrogens (tertiary/aromatic N) is 5. The molecule has 1 saturated heterocycles. The minimum absolute atomic E-state index is 0.104. The number of nitrogens with one attached hydrogen (secondary N) is 2. The zero-order chi connectivity index (χ0) is 22.9. The summed E-state index contributed by atoms with van der Waals surface area (Å²) in [6.45, 7) is 2.00. The molecule has 1 aliphatic heterocycles. The second kappa shape index (κ2) is 8.62. The zero-order valence-corrected chi connectivity index (χ0v) is 18.4. The number of amides is 1. The van der Waals surface area contributed by atoms with Crippen molar-refractivity contribution in [3.63, 3.8) is 0 Å². The molecule has 1 aromatic carbocycles. The highest BCUT2D eigenvalue weighted by Crippen LogP contribution is 2.28. The summed E-state index contributed by atoms with van der Waals surface area (Å²) in [6.07, 6.45) is 7.03. The molecule has 5 rings (SSSR count). The maximum Gasteiger partial charge on any atom is 0.274 e. The lowest BCUT2D eigenvalue weighted by atomic mass is 10.1. The third-order valence-electron chi connectivity index (χ3n) is 5.82. The number of H-pyrrole nitrogens is 1. The molecule has 33 heavy (non-hydrogen) atoms. The Morgan fingerprint density at radius 1 is 1.18 bits per heavy atom. The number of hydrogen-bond acceptors (Lipinski definition) is 6. The van der Waals surface area contributed by atoms with E-state index in [1.807, 2.05) is 0 Å². The quantitative estimate of drug-likeness (QED) is 0.485. The molecule has 2 N–H and O–H groups in total. The van der Waals surface area contributed by atoms with Crippen molar-refractivity contribution in [2.24, 2.45) is 7.05 Å². The van der Waals surface area contributed by atoms with E-state index in [4.69, 9.17) is 4.74 Å². The van der Waals surface area contributed by atoms with Crippen molar-refractivity contribution in [3.05, 3.63) is 54.4 Å². The van der Waals surface area contributed by atoms with Gasteiger partial charge in [-0.2, -0.15) is 10.2 Å². The van der Waals surface area contributed by atoms with E-state index in [-0.39, 0.29) is 17.3 Å². The molecular weight excluding hydrogens is 425 g/mol. The summed E-state index contributed by atoms with van der Waals surface area (Å²) in [6, 6.07) is 6.58. The molecule has 10 heteroatoms. The van der Waals surface area contributed by atoms with Crippen LogP contribution in [-0.4, -0.2) is 62.0 Å². The lowest BCUT2D eigenvalue weighted by Gasteiger charge is -2.28. The molecule has 9 nitrogen and oxygen atoms in total. The third-order valence-corrected chi connectivity index (χ3v) is 5.82. The number of aryl methyl sites for hydroxylation is 1. The zero-order valence-electron chi connectivity index (χ0n) is 18.4. The van der Waals surface area contributed by atoms with E-state index in [9.17, 15) is 9.18 Å². The summed E-state index contributed by atoms with van der Waals surface area (Å²) in [5.41, 5.74) is 2.13. The number of benzene rings is 1. The Labute approximate surface area is 189 Å². The smallest absolute Gasteiger partial charge is 0.274 e. The lowest BCUT2D eigenvalue weighted by molar-refractivity contribution is 0.102. The molecule has 4 heterocycles. The van der Waals surface area contributed by atoms with Crippen molar-refractivity contribution >= 4 is 22.5 Å². The molecule has 4 aromatic rings. The number of ether oxygens (including phenoxy) is 1. The summed E-state index contributed by atoms with van der Waals surface area (Å²) in [4.78, 5) is 19.5. The Bertz CT molecular complexity index is 1290. The highest BCUT2D eigenvalue weighted by atomic mass is 19.1. The molecular formula is C23H24FN7O2. The molecule has 0 spiro atoms. The minimum Gasteiger partial charge on any atom is -0.474 e. The molecule has 0 bridgehead atoms. The van der Waals surface area contributed by atoms with Gasteiger partial charge in [-0.1, -0.05) is 0 Å². The molecule has 0 radical (unpaired) electrons. The number of likely N-dealkylation sites (tertiary alicyclic amines) is 1. The number of aromatic amines is 1. The maximum atomic E-state index is 14.6. The first kappa shape index (κ1) is 21.1. The average Bonchev–Trinajstić information content (AvgIpc) is 3.43. The summed E-state index contributed by atoms with van der Waals surface area (Å²) in [7, 11) is 3.89. The van der Waals surface area contributed by atoms with Crippen LogP contribution in [0.1, 0.15) is 23.3 Å². The van der Waals surface area contributed by atoms with E-state index in [1.165, 1.54) is 6.07 Å². The van der Waals surface area contributed by atoms with Gasteiger partial charge in [0, 0.05) is 43.4 Å². The molecule has 1 aliphatic rings. The van der Waals surface area contributed by atoms with Gasteiger partial charge in [0.15, 0.2) is 5.82 Å². The maximum absolute atomic E-state index is 14.6. The van der Waals surface area contributed by atoms with E-state index < -0.39 is 11.7 Å². The summed E-state index contributed by atoms with van der Waals surface area (Å²) in [5.74, 6) is -0.428. The number of aromatic nitrogens is 5. The van der Waals surface area contributed by atoms with Crippen LogP contribution >= 0.6 is 0 Å². The Morgan fingerprint density at radius 2 is 2.00 bits per heavy atom. The lowest BCUT2D eigenvalue weighted by Crippen LogP contribution is -2.35. The second-order valence-electron chi connectivity index (χ2n) is 8.32. The largest absolute Gasteiger partial charge is 0.474 e. The SMILES string of the molecule is CN1CCC(Oc2ccc(NC(=O)c3[nH]nc4c(F)cc(-c5cnn(C)c5)cc34)cn2)CC1. The standard InChI is InChI=1S/C23H24FN7O2/c1-30-7-5-17(6-8-30)33-20-4-3-16(12-25-20)27-23(32)22-18-9-14(15-11-26-31(2)13-15)10-19(24)21(18)28-29-22/h3-4,9-13,17H,5-8H2,1-2H3,(H,27,32)(H,28,29). The molecule has 0 unspecified atom stereocenters. The fraction of sp³-hybridized carbons (Fsp3) is 0.304. The topological polar surface area (TPSA) is 101 Å². The Morgan fingerprint density at radius 3 is 2.70 bits per heavy atom. The first-order valence-electron chi connectivity index (χ1n) is 10.8. The number of halogens is 1. The fourth-order valence-corrected chi connectivity index (χ4v) is 3.98. The number of rotatable bonds is 5. The van der Waals surface area contributed by atoms with Crippen LogP contribution in [0, 0.1) is 5.82 Å². The number of hydrogen-bond donors (Lipinski definition) is 2. The summed E-state index contributed by atoms with van der Waals surface area (Å²) < 4.78 is 22.2. The van der Waals surface area contributed by atoms with Crippen molar-refractivity contribution in [2.45, 2.75) is 18.9 Å². The van der Waals surface area contributed by atoms with Crippen LogP contribution in [0.4, 0.5) is 10.1 Å². The van der Waals surface area contributed by atoms with Crippen LogP contribution in [0.3, 0.4) is 0 Å². The van der Waals surface area contributed by atoms with E-state index in [2.05, 4.69) is 37.5 Å². The molecule has 1 fully saturated rings. The normalized spacial score (nSPS) is 15.1. The predicted molar refractivity (Wildman–Crippen MR) is 122 cm³/mol. The molecule has 0 saturated carbocycles. The molecule has 0 aliphatic carbocycles. The predicted octanol–water partition coefficient (Wildman–Crippen LogP) is 3.22. The van der Waals surface area contributed by atoms with Crippen LogP contribution in [0.15, 0.2) is 42.9 Å². The van der Waals surface area contributed by atoms with Crippen molar-refractivity contribution in [2.75, 3.05) is 25.5 Å². The monoisotopic (exact) mass is 449 g/mol. The Hall–Kier alpha value is -3.79. The van der Waals surface area contributed by atoms with E-state index in [0.29, 0.717) is 22.5 Å². The van der Waals surface area contributed by atoms with Crippen LogP contribution in [0.2, 0.25) is 0 Å². The van der Waals surface area contributed by atoms with Crippen LogP contribution < -0.4 is 10.1 Å². The highest BCUT2D eigenvalue weighted by molar-refractivity contribution is 6.11. The average molecular weight is 449 g/mol. The summed E-state index contributed by atoms with van der Waals surface area (Å²) in [5, 5.41) is 13.9. The minimum atomic E-state index is -0.515. The highest BCUT2D eigenvalue weighted by Gasteiger charge is 2.20. The second-order valence-corrected chi connectivity index (χ2v) is 8.32. The van der Waals surface area contributed by atoms with Gasteiger partial charge in [0.25, 0.3) is 5.91 Å². The first-order chi connectivity index (χ1) is 16.0. The summed E-state index contributed by atoms with van der Waals surface area (Å²) >= 11 is 0.